The van der Waals surface area contributed by atoms with Gasteiger partial charge in [0.25, 0.3) is 5.69 Å². The molecular weight excluding hydrogens is 286 g/mol. The maximum absolute atomic E-state index is 11.8. The van der Waals surface area contributed by atoms with E-state index in [1.807, 2.05) is 0 Å². The highest BCUT2D eigenvalue weighted by atomic mass is 32.1. The summed E-state index contributed by atoms with van der Waals surface area (Å²) < 4.78 is 9.92. The molecule has 0 spiro atoms. The number of nitrogen functional groups attached to an aromatic ring is 1. The Labute approximate surface area is 114 Å². The number of fused-ring (bicyclic) bond motifs is 1. The van der Waals surface area contributed by atoms with Crippen LogP contribution in [0.4, 0.5) is 10.7 Å². The Bertz CT molecular complexity index is 864. The molecule has 0 aliphatic rings. The van der Waals surface area contributed by atoms with Crippen molar-refractivity contribution in [1.29, 1.82) is 0 Å². The Balaban J connectivity index is 2.16. The molecule has 0 saturated carbocycles. The molecule has 0 saturated heterocycles. The number of hydrogen-bond acceptors (Lipinski definition) is 8. The van der Waals surface area contributed by atoms with E-state index in [1.165, 1.54) is 22.8 Å². The molecule has 2 aromatic heterocycles. The van der Waals surface area contributed by atoms with Gasteiger partial charge < -0.3 is 10.2 Å². The van der Waals surface area contributed by atoms with E-state index in [0.29, 0.717) is 16.2 Å². The fraction of sp³-hybridized carbons (Fsp3) is 0.100. The normalized spacial score (nSPS) is 11.0. The molecule has 3 rings (SSSR count). The predicted molar refractivity (Wildman–Crippen MR) is 70.6 cm³/mol. The zero-order chi connectivity index (χ0) is 14.3. The molecule has 0 bridgehead atoms. The van der Waals surface area contributed by atoms with Crippen LogP contribution in [0.25, 0.3) is 11.1 Å². The summed E-state index contributed by atoms with van der Waals surface area (Å²) in [7, 11) is 0. The van der Waals surface area contributed by atoms with Crippen molar-refractivity contribution in [2.24, 2.45) is 0 Å². The van der Waals surface area contributed by atoms with Crippen molar-refractivity contribution in [2.75, 3.05) is 5.73 Å². The van der Waals surface area contributed by atoms with Crippen LogP contribution in [0.1, 0.15) is 5.69 Å². The molecule has 1 aromatic carbocycles. The molecule has 0 radical (unpaired) electrons. The standard InChI is InChI=1S/C10H7N5O4S/c11-9-6(12-13-20-9)4-14-7-3-5(15(17)18)1-2-8(7)19-10(14)16/h1-3H,4,11H2. The number of anilines is 1. The number of aromatic nitrogens is 3. The molecule has 0 aliphatic heterocycles. The van der Waals surface area contributed by atoms with Crippen LogP contribution in [0, 0.1) is 10.1 Å². The fourth-order valence-electron chi connectivity index (χ4n) is 1.79. The van der Waals surface area contributed by atoms with Crippen molar-refractivity contribution in [3.8, 4) is 0 Å². The van der Waals surface area contributed by atoms with E-state index in [2.05, 4.69) is 9.59 Å². The zero-order valence-corrected chi connectivity index (χ0v) is 10.7. The summed E-state index contributed by atoms with van der Waals surface area (Å²) in [6, 6.07) is 3.93. The van der Waals surface area contributed by atoms with E-state index < -0.39 is 10.7 Å². The minimum atomic E-state index is -0.632. The van der Waals surface area contributed by atoms with Crippen LogP contribution in [-0.4, -0.2) is 19.1 Å². The van der Waals surface area contributed by atoms with Crippen LogP contribution >= 0.6 is 11.5 Å². The van der Waals surface area contributed by atoms with Gasteiger partial charge in [-0.2, -0.15) is 0 Å². The van der Waals surface area contributed by atoms with Crippen molar-refractivity contribution in [1.82, 2.24) is 14.2 Å². The summed E-state index contributed by atoms with van der Waals surface area (Å²) in [5.41, 5.74) is 6.55. The molecule has 0 aliphatic carbocycles. The first-order valence-corrected chi connectivity index (χ1v) is 6.18. The summed E-state index contributed by atoms with van der Waals surface area (Å²) >= 11 is 1.01. The predicted octanol–water partition coefficient (Wildman–Crippen LogP) is 0.985. The van der Waals surface area contributed by atoms with E-state index in [9.17, 15) is 14.9 Å². The van der Waals surface area contributed by atoms with Gasteiger partial charge in [-0.3, -0.25) is 14.7 Å². The van der Waals surface area contributed by atoms with Crippen LogP contribution in [0.5, 0.6) is 0 Å². The second-order valence-corrected chi connectivity index (χ2v) is 4.73. The number of oxazole rings is 1. The first kappa shape index (κ1) is 12.3. The molecule has 9 nitrogen and oxygen atoms in total. The summed E-state index contributed by atoms with van der Waals surface area (Å²) in [6.45, 7) is 0.0509. The molecule has 20 heavy (non-hydrogen) atoms. The van der Waals surface area contributed by atoms with E-state index >= 15 is 0 Å². The molecule has 0 atom stereocenters. The molecular formula is C10H7N5O4S. The van der Waals surface area contributed by atoms with Gasteiger partial charge in [0.1, 0.15) is 10.7 Å². The number of nitrogens with zero attached hydrogens (tertiary/aromatic N) is 4. The Kier molecular flexibility index (Phi) is 2.71. The average Bonchev–Trinajstić information content (AvgIpc) is 2.94. The van der Waals surface area contributed by atoms with Crippen LogP contribution in [0.2, 0.25) is 0 Å². The summed E-state index contributed by atoms with van der Waals surface area (Å²) in [5, 5.41) is 15.0. The fourth-order valence-corrected chi connectivity index (χ4v) is 2.23. The third kappa shape index (κ3) is 1.91. The van der Waals surface area contributed by atoms with Gasteiger partial charge in [0.15, 0.2) is 5.58 Å². The highest BCUT2D eigenvalue weighted by Crippen LogP contribution is 2.22. The lowest BCUT2D eigenvalue weighted by Crippen LogP contribution is -2.15. The van der Waals surface area contributed by atoms with Crippen LogP contribution in [0.3, 0.4) is 0 Å². The Morgan fingerprint density at radius 3 is 2.95 bits per heavy atom. The topological polar surface area (TPSA) is 130 Å². The van der Waals surface area contributed by atoms with Crippen LogP contribution in [0.15, 0.2) is 27.4 Å². The Morgan fingerprint density at radius 2 is 2.30 bits per heavy atom. The van der Waals surface area contributed by atoms with Gasteiger partial charge >= 0.3 is 5.76 Å². The third-order valence-electron chi connectivity index (χ3n) is 2.75. The van der Waals surface area contributed by atoms with E-state index in [0.717, 1.165) is 11.5 Å². The molecule has 0 amide bonds. The average molecular weight is 293 g/mol. The van der Waals surface area contributed by atoms with Crippen molar-refractivity contribution >= 4 is 33.3 Å². The number of rotatable bonds is 3. The van der Waals surface area contributed by atoms with Gasteiger partial charge in [0.2, 0.25) is 0 Å². The lowest BCUT2D eigenvalue weighted by molar-refractivity contribution is -0.384. The zero-order valence-electron chi connectivity index (χ0n) is 9.85. The molecule has 0 unspecified atom stereocenters. The maximum atomic E-state index is 11.8. The molecule has 102 valence electrons. The first-order valence-electron chi connectivity index (χ1n) is 5.41. The Morgan fingerprint density at radius 1 is 1.50 bits per heavy atom. The van der Waals surface area contributed by atoms with Gasteiger partial charge in [-0.15, -0.1) is 5.10 Å². The smallest absolute Gasteiger partial charge is 0.408 e. The monoisotopic (exact) mass is 293 g/mol. The van der Waals surface area contributed by atoms with Crippen LogP contribution < -0.4 is 11.5 Å². The van der Waals surface area contributed by atoms with Gasteiger partial charge in [0, 0.05) is 23.7 Å². The van der Waals surface area contributed by atoms with Crippen molar-refractivity contribution in [3.05, 3.63) is 44.6 Å². The van der Waals surface area contributed by atoms with E-state index in [-0.39, 0.29) is 17.8 Å². The number of nitro benzene ring substituents is 1. The molecule has 2 heterocycles. The third-order valence-corrected chi connectivity index (χ3v) is 3.35. The summed E-state index contributed by atoms with van der Waals surface area (Å²) in [5.74, 6) is -0.632. The lowest BCUT2D eigenvalue weighted by Gasteiger charge is -1.99. The van der Waals surface area contributed by atoms with E-state index in [4.69, 9.17) is 10.2 Å². The maximum Gasteiger partial charge on any atom is 0.420 e. The lowest BCUT2D eigenvalue weighted by atomic mass is 10.3. The quantitative estimate of drug-likeness (QED) is 0.562. The largest absolute Gasteiger partial charge is 0.420 e. The highest BCUT2D eigenvalue weighted by molar-refractivity contribution is 7.09. The van der Waals surface area contributed by atoms with Gasteiger partial charge in [-0.25, -0.2) is 4.79 Å². The summed E-state index contributed by atoms with van der Waals surface area (Å²) in [4.78, 5) is 22.0. The van der Waals surface area contributed by atoms with Crippen molar-refractivity contribution in [2.45, 2.75) is 6.54 Å². The number of benzene rings is 1. The number of hydrogen-bond donors (Lipinski definition) is 1. The molecule has 3 aromatic rings. The minimum absolute atomic E-state index is 0.0509. The molecule has 10 heteroatoms. The van der Waals surface area contributed by atoms with Gasteiger partial charge in [-0.1, -0.05) is 4.49 Å². The molecule has 2 N–H and O–H groups in total. The summed E-state index contributed by atoms with van der Waals surface area (Å²) in [6.07, 6.45) is 0. The SMILES string of the molecule is Nc1snnc1Cn1c(=O)oc2ccc([N+](=O)[O-])cc21. The van der Waals surface area contributed by atoms with Gasteiger partial charge in [-0.05, 0) is 6.07 Å². The second-order valence-electron chi connectivity index (χ2n) is 3.95. The second kappa shape index (κ2) is 4.42. The number of nitrogens with two attached hydrogens (primary N) is 1. The highest BCUT2D eigenvalue weighted by Gasteiger charge is 2.16. The number of nitro groups is 1. The van der Waals surface area contributed by atoms with Crippen LogP contribution in [-0.2, 0) is 6.54 Å². The Hall–Kier alpha value is -2.75. The minimum Gasteiger partial charge on any atom is -0.408 e. The first-order chi connectivity index (χ1) is 9.56. The number of non-ortho nitro benzene ring substituents is 1. The van der Waals surface area contributed by atoms with Crippen molar-refractivity contribution in [3.63, 3.8) is 0 Å². The molecule has 0 fully saturated rings. The van der Waals surface area contributed by atoms with E-state index in [1.54, 1.807) is 0 Å². The van der Waals surface area contributed by atoms with Gasteiger partial charge in [0.05, 0.1) is 17.0 Å². The van der Waals surface area contributed by atoms with Crippen molar-refractivity contribution < 1.29 is 9.34 Å².